The molecule has 0 bridgehead atoms. The number of hydrogen-bond acceptors (Lipinski definition) is 2. The third-order valence-corrected chi connectivity index (χ3v) is 4.15. The van der Waals surface area contributed by atoms with Gasteiger partial charge in [0, 0.05) is 0 Å². The first-order chi connectivity index (χ1) is 10.6. The van der Waals surface area contributed by atoms with Crippen LogP contribution in [0.5, 0.6) is 0 Å². The van der Waals surface area contributed by atoms with Gasteiger partial charge < -0.3 is 13.1 Å². The van der Waals surface area contributed by atoms with E-state index in [4.69, 9.17) is 0 Å². The van der Waals surface area contributed by atoms with Crippen LogP contribution in [0.15, 0.2) is 30.3 Å². The van der Waals surface area contributed by atoms with Gasteiger partial charge in [-0.1, -0.05) is 82.2 Å². The average molecular weight is 446 g/mol. The zero-order valence-electron chi connectivity index (χ0n) is 16.0. The second-order valence-electron chi connectivity index (χ2n) is 5.75. The zero-order valence-corrected chi connectivity index (χ0v) is 18.4. The normalized spacial score (nSPS) is 10.8. The van der Waals surface area contributed by atoms with Gasteiger partial charge in [0.15, 0.2) is 5.41 Å². The van der Waals surface area contributed by atoms with E-state index in [0.717, 1.165) is 19.3 Å². The quantitative estimate of drug-likeness (QED) is 0.306. The smallest absolute Gasteiger partial charge is 1.00 e. The molecule has 4 nitrogen and oxygen atoms in total. The van der Waals surface area contributed by atoms with Gasteiger partial charge in [-0.25, -0.2) is 0 Å². The molecule has 0 radical (unpaired) electrons. The van der Waals surface area contributed by atoms with Crippen molar-refractivity contribution in [3.8, 4) is 0 Å². The monoisotopic (exact) mass is 446 g/mol. The molecule has 0 aromatic heterocycles. The summed E-state index contributed by atoms with van der Waals surface area (Å²) in [5, 5.41) is 19.1. The Kier molecular flexibility index (Phi) is 12.0. The minimum Gasteiger partial charge on any atom is -1.00 e. The van der Waals surface area contributed by atoms with Crippen molar-refractivity contribution in [3.63, 3.8) is 0 Å². The van der Waals surface area contributed by atoms with Gasteiger partial charge in [-0.2, -0.15) is 0 Å². The summed E-state index contributed by atoms with van der Waals surface area (Å²) in [6.45, 7) is 2.16. The molecule has 0 saturated carbocycles. The number of benzene rings is 1. The van der Waals surface area contributed by atoms with Crippen LogP contribution in [0.2, 0.25) is 0 Å². The van der Waals surface area contributed by atoms with Crippen molar-refractivity contribution in [1.82, 2.24) is 0 Å². The van der Waals surface area contributed by atoms with Gasteiger partial charge in [0.25, 0.3) is 0 Å². The number of carboxylic acids is 2. The zero-order chi connectivity index (χ0) is 16.4. The van der Waals surface area contributed by atoms with Crippen molar-refractivity contribution in [3.05, 3.63) is 35.9 Å². The minimum absolute atomic E-state index is 0. The maximum Gasteiger partial charge on any atom is 2.00 e. The summed E-state index contributed by atoms with van der Waals surface area (Å²) in [5.41, 5.74) is -1.48. The summed E-state index contributed by atoms with van der Waals surface area (Å²) in [7, 11) is 0. The van der Waals surface area contributed by atoms with Gasteiger partial charge >= 0.3 is 60.8 Å². The number of rotatable bonds is 11. The van der Waals surface area contributed by atoms with E-state index in [1.807, 2.05) is 0 Å². The summed E-state index contributed by atoms with van der Waals surface area (Å²) >= 11 is 0. The molecule has 0 fully saturated rings. The molecule has 0 aliphatic carbocycles. The van der Waals surface area contributed by atoms with E-state index >= 15 is 0 Å². The van der Waals surface area contributed by atoms with Crippen LogP contribution in [-0.4, -0.2) is 71.0 Å². The molecule has 0 heterocycles. The van der Waals surface area contributed by atoms with Gasteiger partial charge in [0.2, 0.25) is 0 Å². The number of unbranched alkanes of at least 4 members (excludes halogenated alkanes) is 6. The van der Waals surface area contributed by atoms with Crippen LogP contribution >= 0.6 is 0 Å². The predicted octanol–water partition coefficient (Wildman–Crippen LogP) is 4.08. The van der Waals surface area contributed by atoms with Gasteiger partial charge in [0.1, 0.15) is 0 Å². The van der Waals surface area contributed by atoms with E-state index in [-0.39, 0.29) is 58.2 Å². The van der Waals surface area contributed by atoms with Crippen molar-refractivity contribution in [1.29, 1.82) is 0 Å². The molecule has 2 N–H and O–H groups in total. The summed E-state index contributed by atoms with van der Waals surface area (Å²) in [5.74, 6) is -2.56. The molecule has 1 aromatic carbocycles. The Hall–Kier alpha value is -0.269. The fraction of sp³-hybridized carbons (Fsp3) is 0.556. The van der Waals surface area contributed by atoms with Crippen LogP contribution in [-0.2, 0) is 15.0 Å². The Labute approximate surface area is 181 Å². The average Bonchev–Trinajstić information content (AvgIpc) is 2.50. The SMILES string of the molecule is CCCCCCCCCC(C(=O)O)(C(=O)O)c1ccccc1.[Ba+2].[H-].[H-]. The van der Waals surface area contributed by atoms with E-state index in [9.17, 15) is 19.8 Å². The van der Waals surface area contributed by atoms with Crippen molar-refractivity contribution in [2.75, 3.05) is 0 Å². The van der Waals surface area contributed by atoms with Crippen molar-refractivity contribution >= 4 is 60.8 Å². The molecule has 0 amide bonds. The molecule has 1 aromatic rings. The summed E-state index contributed by atoms with van der Waals surface area (Å²) < 4.78 is 0. The largest absolute Gasteiger partial charge is 2.00 e. The molecule has 5 heteroatoms. The Bertz CT molecular complexity index is 469. The topological polar surface area (TPSA) is 74.6 Å². The van der Waals surface area contributed by atoms with Crippen molar-refractivity contribution in [2.45, 2.75) is 63.7 Å². The second-order valence-corrected chi connectivity index (χ2v) is 5.75. The third kappa shape index (κ3) is 6.63. The van der Waals surface area contributed by atoms with E-state index in [2.05, 4.69) is 6.92 Å². The Morgan fingerprint density at radius 1 is 0.913 bits per heavy atom. The molecule has 0 saturated heterocycles. The molecule has 23 heavy (non-hydrogen) atoms. The van der Waals surface area contributed by atoms with E-state index in [1.165, 1.54) is 19.3 Å². The Morgan fingerprint density at radius 2 is 1.39 bits per heavy atom. The van der Waals surface area contributed by atoms with Crippen LogP contribution in [0, 0.1) is 0 Å². The summed E-state index contributed by atoms with van der Waals surface area (Å²) in [6.07, 6.45) is 7.38. The fourth-order valence-corrected chi connectivity index (χ4v) is 2.77. The summed E-state index contributed by atoms with van der Waals surface area (Å²) in [6, 6.07) is 8.29. The standard InChI is InChI=1S/C18H26O4.Ba.2H/c1-2-3-4-5-6-7-11-14-18(16(19)20,17(21)22)15-12-9-8-10-13-15;;;/h8-10,12-13H,2-7,11,14H2,1H3,(H,19,20)(H,21,22);;;/q;+2;2*-1. The molecular formula is C18H28BaO4. The molecule has 0 aliphatic heterocycles. The first kappa shape index (κ1) is 22.7. The molecule has 0 atom stereocenters. The number of carbonyl (C=O) groups is 2. The number of aliphatic carboxylic acids is 2. The Morgan fingerprint density at radius 3 is 1.87 bits per heavy atom. The van der Waals surface area contributed by atoms with Crippen LogP contribution in [0.4, 0.5) is 0 Å². The first-order valence-electron chi connectivity index (χ1n) is 8.08. The first-order valence-corrected chi connectivity index (χ1v) is 8.08. The number of carboxylic acid groups (broad SMARTS) is 2. The van der Waals surface area contributed by atoms with Crippen molar-refractivity contribution < 1.29 is 22.7 Å². The van der Waals surface area contributed by atoms with Crippen LogP contribution < -0.4 is 0 Å². The molecule has 0 aliphatic rings. The maximum absolute atomic E-state index is 11.7. The van der Waals surface area contributed by atoms with Gasteiger partial charge in [0.05, 0.1) is 0 Å². The molecule has 0 unspecified atom stereocenters. The third-order valence-electron chi connectivity index (χ3n) is 4.15. The minimum atomic E-state index is -1.83. The Balaban J connectivity index is -0.00000161. The second kappa shape index (κ2) is 12.1. The fourth-order valence-electron chi connectivity index (χ4n) is 2.77. The number of hydrogen-bond donors (Lipinski definition) is 2. The molecule has 1 rings (SSSR count). The van der Waals surface area contributed by atoms with Gasteiger partial charge in [-0.15, -0.1) is 0 Å². The maximum atomic E-state index is 11.7. The van der Waals surface area contributed by atoms with Crippen molar-refractivity contribution in [2.24, 2.45) is 0 Å². The van der Waals surface area contributed by atoms with Crippen LogP contribution in [0.25, 0.3) is 0 Å². The molecule has 126 valence electrons. The van der Waals surface area contributed by atoms with Crippen LogP contribution in [0.3, 0.4) is 0 Å². The van der Waals surface area contributed by atoms with E-state index in [0.29, 0.717) is 12.0 Å². The van der Waals surface area contributed by atoms with E-state index < -0.39 is 17.4 Å². The molecule has 0 spiro atoms. The van der Waals surface area contributed by atoms with E-state index in [1.54, 1.807) is 30.3 Å². The van der Waals surface area contributed by atoms with Crippen LogP contribution in [0.1, 0.15) is 66.7 Å². The molecular weight excluding hydrogens is 418 g/mol. The van der Waals surface area contributed by atoms with Gasteiger partial charge in [-0.3, -0.25) is 9.59 Å². The predicted molar refractivity (Wildman–Crippen MR) is 94.0 cm³/mol. The van der Waals surface area contributed by atoms with Gasteiger partial charge in [-0.05, 0) is 12.0 Å². The summed E-state index contributed by atoms with van der Waals surface area (Å²) in [4.78, 5) is 23.4.